The number of morpholine rings is 1. The lowest BCUT2D eigenvalue weighted by Crippen LogP contribution is -2.54. The summed E-state index contributed by atoms with van der Waals surface area (Å²) in [7, 11) is 0. The van der Waals surface area contributed by atoms with Gasteiger partial charge in [0.25, 0.3) is 0 Å². The third kappa shape index (κ3) is 4.38. The highest BCUT2D eigenvalue weighted by Crippen LogP contribution is 2.57. The summed E-state index contributed by atoms with van der Waals surface area (Å²) in [4.78, 5) is 21.4. The summed E-state index contributed by atoms with van der Waals surface area (Å²) < 4.78 is 5.41. The molecule has 2 N–H and O–H groups in total. The molecule has 1 aromatic heterocycles. The Balaban J connectivity index is 1.51. The number of carbonyl (C=O) groups is 1. The van der Waals surface area contributed by atoms with Gasteiger partial charge in [-0.2, -0.15) is 0 Å². The predicted molar refractivity (Wildman–Crippen MR) is 125 cm³/mol. The van der Waals surface area contributed by atoms with Gasteiger partial charge in [-0.05, 0) is 42.9 Å². The molecule has 0 radical (unpaired) electrons. The number of hydrogen-bond acceptors (Lipinski definition) is 6. The number of unbranched alkanes of at least 4 members (excludes halogenated alkanes) is 1. The molecule has 1 amide bonds. The normalized spacial score (nSPS) is 34.0. The SMILES string of the molecule is CCCCNc1nc2c(s1)CC1(C)CCC(C(C)C(=O)N3CCOCC3)C(O)C1C2C. The zero-order valence-corrected chi connectivity index (χ0v) is 20.3. The Kier molecular flexibility index (Phi) is 6.94. The Hall–Kier alpha value is -1.18. The molecule has 1 saturated carbocycles. The molecule has 174 valence electrons. The van der Waals surface area contributed by atoms with E-state index >= 15 is 0 Å². The van der Waals surface area contributed by atoms with Crippen molar-refractivity contribution < 1.29 is 14.6 Å². The van der Waals surface area contributed by atoms with Gasteiger partial charge in [-0.15, -0.1) is 11.3 Å². The Bertz CT molecular complexity index is 778. The highest BCUT2D eigenvalue weighted by atomic mass is 32.1. The van der Waals surface area contributed by atoms with E-state index in [-0.39, 0.29) is 35.0 Å². The zero-order valence-electron chi connectivity index (χ0n) is 19.5. The average molecular weight is 450 g/mol. The van der Waals surface area contributed by atoms with Crippen LogP contribution in [0.25, 0.3) is 0 Å². The van der Waals surface area contributed by atoms with Crippen LogP contribution in [0.5, 0.6) is 0 Å². The van der Waals surface area contributed by atoms with Crippen molar-refractivity contribution in [1.82, 2.24) is 9.88 Å². The van der Waals surface area contributed by atoms with Crippen LogP contribution in [0.15, 0.2) is 0 Å². The van der Waals surface area contributed by atoms with Crippen LogP contribution in [-0.2, 0) is 16.0 Å². The molecular weight excluding hydrogens is 410 g/mol. The number of aliphatic hydroxyl groups excluding tert-OH is 1. The Morgan fingerprint density at radius 1 is 1.42 bits per heavy atom. The third-order valence-corrected chi connectivity index (χ3v) is 9.11. The van der Waals surface area contributed by atoms with E-state index in [4.69, 9.17) is 9.72 Å². The maximum Gasteiger partial charge on any atom is 0.225 e. The molecule has 31 heavy (non-hydrogen) atoms. The second kappa shape index (κ2) is 9.36. The Morgan fingerprint density at radius 2 is 2.16 bits per heavy atom. The molecule has 1 saturated heterocycles. The van der Waals surface area contributed by atoms with Crippen LogP contribution in [-0.4, -0.2) is 59.8 Å². The standard InChI is InChI=1S/C24H39N3O3S/c1-5-6-9-25-23-26-20-16(3)19-21(28)17(7-8-24(19,4)14-18(20)31-23)15(2)22(29)27-10-12-30-13-11-27/h15-17,19,21,28H,5-14H2,1-4H3,(H,25,26). The minimum Gasteiger partial charge on any atom is -0.392 e. The molecule has 6 unspecified atom stereocenters. The molecule has 1 aliphatic heterocycles. The number of amides is 1. The van der Waals surface area contributed by atoms with Crippen LogP contribution in [0, 0.1) is 23.2 Å². The molecule has 2 heterocycles. The van der Waals surface area contributed by atoms with Gasteiger partial charge in [0.1, 0.15) is 0 Å². The van der Waals surface area contributed by atoms with E-state index in [0.29, 0.717) is 26.3 Å². The third-order valence-electron chi connectivity index (χ3n) is 8.08. The first-order valence-corrected chi connectivity index (χ1v) is 13.0. The number of ether oxygens (including phenoxy) is 1. The minimum absolute atomic E-state index is 0.0122. The number of aliphatic hydroxyl groups is 1. The molecule has 1 aromatic rings. The van der Waals surface area contributed by atoms with Gasteiger partial charge >= 0.3 is 0 Å². The van der Waals surface area contributed by atoms with Crippen LogP contribution >= 0.6 is 11.3 Å². The van der Waals surface area contributed by atoms with Crippen LogP contribution in [0.3, 0.4) is 0 Å². The van der Waals surface area contributed by atoms with E-state index in [1.54, 1.807) is 11.3 Å². The first-order valence-electron chi connectivity index (χ1n) is 12.1. The van der Waals surface area contributed by atoms with Crippen molar-refractivity contribution in [3.05, 3.63) is 10.6 Å². The quantitative estimate of drug-likeness (QED) is 0.644. The molecule has 3 aliphatic rings. The maximum absolute atomic E-state index is 13.1. The minimum atomic E-state index is -0.472. The Morgan fingerprint density at radius 3 is 2.87 bits per heavy atom. The van der Waals surface area contributed by atoms with Gasteiger partial charge < -0.3 is 20.1 Å². The zero-order chi connectivity index (χ0) is 22.2. The highest BCUT2D eigenvalue weighted by Gasteiger charge is 2.54. The van der Waals surface area contributed by atoms with Crippen molar-refractivity contribution in [3.8, 4) is 0 Å². The van der Waals surface area contributed by atoms with E-state index in [9.17, 15) is 9.90 Å². The summed E-state index contributed by atoms with van der Waals surface area (Å²) in [6, 6.07) is 0. The number of aromatic nitrogens is 1. The van der Waals surface area contributed by atoms with Gasteiger partial charge in [0, 0.05) is 36.3 Å². The lowest BCUT2D eigenvalue weighted by molar-refractivity contribution is -0.148. The molecule has 0 aromatic carbocycles. The molecular formula is C24H39N3O3S. The van der Waals surface area contributed by atoms with Gasteiger partial charge in [0.05, 0.1) is 25.0 Å². The average Bonchev–Trinajstić information content (AvgIpc) is 3.16. The number of carbonyl (C=O) groups excluding carboxylic acids is 1. The number of anilines is 1. The van der Waals surface area contributed by atoms with Crippen LogP contribution in [0.4, 0.5) is 5.13 Å². The first-order chi connectivity index (χ1) is 14.9. The number of hydrogen-bond donors (Lipinski definition) is 2. The van der Waals surface area contributed by atoms with E-state index in [0.717, 1.165) is 37.4 Å². The molecule has 7 heteroatoms. The van der Waals surface area contributed by atoms with Gasteiger partial charge in [-0.1, -0.05) is 34.1 Å². The van der Waals surface area contributed by atoms with Crippen molar-refractivity contribution in [2.45, 2.75) is 71.8 Å². The van der Waals surface area contributed by atoms with Gasteiger partial charge in [0.2, 0.25) is 5.91 Å². The molecule has 2 aliphatic carbocycles. The number of fused-ring (bicyclic) bond motifs is 2. The molecule has 2 fully saturated rings. The Labute approximate surface area is 190 Å². The largest absolute Gasteiger partial charge is 0.392 e. The molecule has 6 atom stereocenters. The van der Waals surface area contributed by atoms with Crippen LogP contribution < -0.4 is 5.32 Å². The van der Waals surface area contributed by atoms with Crippen molar-refractivity contribution >= 4 is 22.4 Å². The molecule has 6 nitrogen and oxygen atoms in total. The fourth-order valence-electron chi connectivity index (χ4n) is 6.25. The number of nitrogens with one attached hydrogen (secondary N) is 1. The van der Waals surface area contributed by atoms with Crippen molar-refractivity contribution in [2.75, 3.05) is 38.2 Å². The maximum atomic E-state index is 13.1. The highest BCUT2D eigenvalue weighted by molar-refractivity contribution is 7.15. The summed E-state index contributed by atoms with van der Waals surface area (Å²) in [6.45, 7) is 12.3. The summed E-state index contributed by atoms with van der Waals surface area (Å²) in [6.07, 6.45) is 4.80. The van der Waals surface area contributed by atoms with Gasteiger partial charge in [-0.25, -0.2) is 4.98 Å². The topological polar surface area (TPSA) is 74.7 Å². The van der Waals surface area contributed by atoms with Gasteiger partial charge in [0.15, 0.2) is 5.13 Å². The lowest BCUT2D eigenvalue weighted by Gasteiger charge is -2.53. The number of thiazole rings is 1. The van der Waals surface area contributed by atoms with E-state index in [1.807, 2.05) is 11.8 Å². The lowest BCUT2D eigenvalue weighted by atomic mass is 9.53. The number of rotatable bonds is 6. The molecule has 4 rings (SSSR count). The van der Waals surface area contributed by atoms with Gasteiger partial charge in [-0.3, -0.25) is 4.79 Å². The predicted octanol–water partition coefficient (Wildman–Crippen LogP) is 3.90. The summed E-state index contributed by atoms with van der Waals surface area (Å²) in [5, 5.41) is 16.1. The van der Waals surface area contributed by atoms with Crippen molar-refractivity contribution in [1.29, 1.82) is 0 Å². The second-order valence-corrected chi connectivity index (χ2v) is 11.3. The fourth-order valence-corrected chi connectivity index (χ4v) is 7.54. The molecule has 0 spiro atoms. The van der Waals surface area contributed by atoms with E-state index < -0.39 is 6.10 Å². The summed E-state index contributed by atoms with van der Waals surface area (Å²) in [5.41, 5.74) is 1.23. The van der Waals surface area contributed by atoms with Crippen molar-refractivity contribution in [3.63, 3.8) is 0 Å². The summed E-state index contributed by atoms with van der Waals surface area (Å²) >= 11 is 1.80. The number of nitrogens with zero attached hydrogens (tertiary/aromatic N) is 2. The molecule has 0 bridgehead atoms. The van der Waals surface area contributed by atoms with Crippen LogP contribution in [0.1, 0.15) is 69.9 Å². The first kappa shape index (κ1) is 23.0. The van der Waals surface area contributed by atoms with E-state index in [2.05, 4.69) is 26.1 Å². The van der Waals surface area contributed by atoms with E-state index in [1.165, 1.54) is 17.0 Å². The smallest absolute Gasteiger partial charge is 0.225 e. The summed E-state index contributed by atoms with van der Waals surface area (Å²) in [5.74, 6) is 0.377. The monoisotopic (exact) mass is 449 g/mol. The second-order valence-electron chi connectivity index (χ2n) is 10.2. The van der Waals surface area contributed by atoms with Crippen LogP contribution in [0.2, 0.25) is 0 Å². The fraction of sp³-hybridized carbons (Fsp3) is 0.833. The van der Waals surface area contributed by atoms with Crippen molar-refractivity contribution in [2.24, 2.45) is 23.2 Å².